The molecular weight excluding hydrogens is 226 g/mol. The van der Waals surface area contributed by atoms with E-state index in [0.717, 1.165) is 17.4 Å². The molecule has 0 heterocycles. The van der Waals surface area contributed by atoms with Crippen molar-refractivity contribution in [3.63, 3.8) is 0 Å². The van der Waals surface area contributed by atoms with Gasteiger partial charge in [-0.1, -0.05) is 30.0 Å². The maximum Gasteiger partial charge on any atom is 0.216 e. The van der Waals surface area contributed by atoms with Gasteiger partial charge in [-0.05, 0) is 23.8 Å². The molecule has 0 radical (unpaired) electrons. The largest absolute Gasteiger partial charge is 0.355 e. The van der Waals surface area contributed by atoms with Crippen molar-refractivity contribution in [1.82, 2.24) is 5.32 Å². The number of benzene rings is 1. The van der Waals surface area contributed by atoms with E-state index in [4.69, 9.17) is 0 Å². The smallest absolute Gasteiger partial charge is 0.216 e. The Labute approximate surface area is 107 Å². The summed E-state index contributed by atoms with van der Waals surface area (Å²) in [5, 5.41) is 2.68. The molecule has 3 heteroatoms. The van der Waals surface area contributed by atoms with Crippen LogP contribution in [0.4, 0.5) is 0 Å². The lowest BCUT2D eigenvalue weighted by atomic mass is 10.1. The third-order valence-corrected chi connectivity index (χ3v) is 2.13. The van der Waals surface area contributed by atoms with Crippen LogP contribution in [-0.4, -0.2) is 18.7 Å². The maximum absolute atomic E-state index is 10.6. The Kier molecular flexibility index (Phi) is 5.99. The fourth-order valence-corrected chi connectivity index (χ4v) is 1.29. The first-order chi connectivity index (χ1) is 8.72. The van der Waals surface area contributed by atoms with Gasteiger partial charge >= 0.3 is 0 Å². The summed E-state index contributed by atoms with van der Waals surface area (Å²) in [5.41, 5.74) is 1.88. The van der Waals surface area contributed by atoms with Crippen LogP contribution in [0.1, 0.15) is 24.5 Å². The summed E-state index contributed by atoms with van der Waals surface area (Å²) in [5.74, 6) is 5.95. The van der Waals surface area contributed by atoms with Crippen molar-refractivity contribution in [2.45, 2.75) is 13.3 Å². The van der Waals surface area contributed by atoms with Crippen LogP contribution in [0.15, 0.2) is 30.3 Å². The Morgan fingerprint density at radius 3 is 2.67 bits per heavy atom. The molecule has 0 fully saturated rings. The maximum atomic E-state index is 10.6. The zero-order valence-corrected chi connectivity index (χ0v) is 10.3. The van der Waals surface area contributed by atoms with Crippen molar-refractivity contribution in [3.8, 4) is 11.8 Å². The van der Waals surface area contributed by atoms with Gasteiger partial charge in [0.05, 0.1) is 0 Å². The van der Waals surface area contributed by atoms with E-state index in [1.54, 1.807) is 6.08 Å². The Bertz CT molecular complexity index is 489. The molecule has 1 N–H and O–H groups in total. The molecule has 0 atom stereocenters. The lowest BCUT2D eigenvalue weighted by molar-refractivity contribution is -0.118. The normalized spacial score (nSPS) is 9.61. The topological polar surface area (TPSA) is 46.2 Å². The third kappa shape index (κ3) is 5.66. The molecule has 1 rings (SSSR count). The van der Waals surface area contributed by atoms with Gasteiger partial charge in [0, 0.05) is 25.5 Å². The molecule has 18 heavy (non-hydrogen) atoms. The van der Waals surface area contributed by atoms with Crippen LogP contribution in [-0.2, 0) is 9.59 Å². The molecule has 1 amide bonds. The van der Waals surface area contributed by atoms with Gasteiger partial charge in [0.2, 0.25) is 5.91 Å². The van der Waals surface area contributed by atoms with Gasteiger partial charge in [-0.3, -0.25) is 9.59 Å². The highest BCUT2D eigenvalue weighted by molar-refractivity contribution is 5.74. The molecule has 92 valence electrons. The summed E-state index contributed by atoms with van der Waals surface area (Å²) in [4.78, 5) is 20.8. The van der Waals surface area contributed by atoms with Gasteiger partial charge in [0.15, 0.2) is 0 Å². The first kappa shape index (κ1) is 13.7. The van der Waals surface area contributed by atoms with Gasteiger partial charge in [-0.15, -0.1) is 0 Å². The van der Waals surface area contributed by atoms with Gasteiger partial charge in [0.1, 0.15) is 6.29 Å². The lowest BCUT2D eigenvalue weighted by Gasteiger charge is -1.95. The molecule has 0 bridgehead atoms. The minimum absolute atomic E-state index is 0.0388. The summed E-state index contributed by atoms with van der Waals surface area (Å²) in [6.45, 7) is 2.06. The minimum Gasteiger partial charge on any atom is -0.355 e. The van der Waals surface area contributed by atoms with Crippen LogP contribution in [0.3, 0.4) is 0 Å². The van der Waals surface area contributed by atoms with E-state index in [9.17, 15) is 9.59 Å². The van der Waals surface area contributed by atoms with E-state index in [0.29, 0.717) is 13.0 Å². The van der Waals surface area contributed by atoms with Crippen molar-refractivity contribution < 1.29 is 9.59 Å². The number of carbonyl (C=O) groups is 2. The number of carbonyl (C=O) groups excluding carboxylic acids is 2. The third-order valence-electron chi connectivity index (χ3n) is 2.13. The van der Waals surface area contributed by atoms with E-state index >= 15 is 0 Å². The molecule has 3 nitrogen and oxygen atoms in total. The predicted octanol–water partition coefficient (Wildman–Crippen LogP) is 1.78. The minimum atomic E-state index is -0.0388. The van der Waals surface area contributed by atoms with Crippen LogP contribution in [0.25, 0.3) is 6.08 Å². The van der Waals surface area contributed by atoms with Gasteiger partial charge < -0.3 is 5.32 Å². The molecule has 0 saturated heterocycles. The molecule has 0 unspecified atom stereocenters. The van der Waals surface area contributed by atoms with E-state index in [1.165, 1.54) is 13.0 Å². The van der Waals surface area contributed by atoms with E-state index in [-0.39, 0.29) is 5.91 Å². The summed E-state index contributed by atoms with van der Waals surface area (Å²) in [6.07, 6.45) is 4.57. The zero-order valence-electron chi connectivity index (χ0n) is 10.3. The van der Waals surface area contributed by atoms with E-state index < -0.39 is 0 Å². The fraction of sp³-hybridized carbons (Fsp3) is 0.200. The monoisotopic (exact) mass is 241 g/mol. The number of allylic oxidation sites excluding steroid dienone is 1. The number of nitrogens with one attached hydrogen (secondary N) is 1. The van der Waals surface area contributed by atoms with Crippen LogP contribution in [0, 0.1) is 11.8 Å². The standard InChI is InChI=1S/C15H15NO2/c1-13(18)16-11-3-2-5-14-7-9-15(10-8-14)6-4-12-17/h4,6-10,12H,3,11H2,1H3,(H,16,18)/b6-4+. The molecule has 0 aliphatic rings. The van der Waals surface area contributed by atoms with Crippen LogP contribution in [0.2, 0.25) is 0 Å². The highest BCUT2D eigenvalue weighted by Gasteiger charge is 1.89. The van der Waals surface area contributed by atoms with E-state index in [1.807, 2.05) is 24.3 Å². The molecule has 1 aromatic carbocycles. The molecular formula is C15H15NO2. The molecule has 0 aliphatic carbocycles. The van der Waals surface area contributed by atoms with Gasteiger partial charge in [-0.2, -0.15) is 0 Å². The summed E-state index contributed by atoms with van der Waals surface area (Å²) in [7, 11) is 0. The highest BCUT2D eigenvalue weighted by atomic mass is 16.1. The molecule has 0 aromatic heterocycles. The first-order valence-corrected chi connectivity index (χ1v) is 5.67. The van der Waals surface area contributed by atoms with Gasteiger partial charge in [-0.25, -0.2) is 0 Å². The predicted molar refractivity (Wildman–Crippen MR) is 71.7 cm³/mol. The van der Waals surface area contributed by atoms with E-state index in [2.05, 4.69) is 17.2 Å². The number of hydrogen-bond donors (Lipinski definition) is 1. The van der Waals surface area contributed by atoms with Crippen molar-refractivity contribution >= 4 is 18.3 Å². The zero-order chi connectivity index (χ0) is 13.2. The average Bonchev–Trinajstić information content (AvgIpc) is 2.37. The molecule has 1 aromatic rings. The molecule has 0 saturated carbocycles. The second kappa shape index (κ2) is 7.86. The van der Waals surface area contributed by atoms with Crippen molar-refractivity contribution in [2.24, 2.45) is 0 Å². The van der Waals surface area contributed by atoms with Crippen LogP contribution >= 0.6 is 0 Å². The second-order valence-electron chi connectivity index (χ2n) is 3.65. The second-order valence-corrected chi connectivity index (χ2v) is 3.65. The number of aldehydes is 1. The SMILES string of the molecule is CC(=O)NCCC#Cc1ccc(/C=C/C=O)cc1. The molecule has 0 aliphatic heterocycles. The summed E-state index contributed by atoms with van der Waals surface area (Å²) >= 11 is 0. The number of amides is 1. The van der Waals surface area contributed by atoms with Crippen molar-refractivity contribution in [2.75, 3.05) is 6.54 Å². The van der Waals surface area contributed by atoms with Crippen molar-refractivity contribution in [3.05, 3.63) is 41.5 Å². The van der Waals surface area contributed by atoms with Crippen molar-refractivity contribution in [1.29, 1.82) is 0 Å². The highest BCUT2D eigenvalue weighted by Crippen LogP contribution is 2.04. The Hall–Kier alpha value is -2.34. The van der Waals surface area contributed by atoms with Crippen LogP contribution in [0.5, 0.6) is 0 Å². The Balaban J connectivity index is 2.48. The summed E-state index contributed by atoms with van der Waals surface area (Å²) in [6, 6.07) is 7.60. The Morgan fingerprint density at radius 2 is 2.06 bits per heavy atom. The number of hydrogen-bond acceptors (Lipinski definition) is 2. The average molecular weight is 241 g/mol. The quantitative estimate of drug-likeness (QED) is 0.378. The van der Waals surface area contributed by atoms with Gasteiger partial charge in [0.25, 0.3) is 0 Å². The lowest BCUT2D eigenvalue weighted by Crippen LogP contribution is -2.20. The first-order valence-electron chi connectivity index (χ1n) is 5.67. The number of rotatable bonds is 4. The fourth-order valence-electron chi connectivity index (χ4n) is 1.29. The Morgan fingerprint density at radius 1 is 1.33 bits per heavy atom. The summed E-state index contributed by atoms with van der Waals surface area (Å²) < 4.78 is 0. The molecule has 0 spiro atoms. The van der Waals surface area contributed by atoms with Crippen LogP contribution < -0.4 is 5.32 Å².